The number of carbonyl (C=O) groups excluding carboxylic acids is 5. The summed E-state index contributed by atoms with van der Waals surface area (Å²) < 4.78 is 0. The summed E-state index contributed by atoms with van der Waals surface area (Å²) in [7, 11) is 0. The van der Waals surface area contributed by atoms with Gasteiger partial charge in [-0.05, 0) is 69.6 Å². The van der Waals surface area contributed by atoms with Crippen molar-refractivity contribution in [3.8, 4) is 0 Å². The predicted molar refractivity (Wildman–Crippen MR) is 176 cm³/mol. The topological polar surface area (TPSA) is 192 Å². The van der Waals surface area contributed by atoms with Gasteiger partial charge in [-0.2, -0.15) is 0 Å². The first-order valence-corrected chi connectivity index (χ1v) is 16.5. The lowest BCUT2D eigenvalue weighted by atomic mass is 9.84. The van der Waals surface area contributed by atoms with Gasteiger partial charge in [0.15, 0.2) is 0 Å². The first-order valence-electron chi connectivity index (χ1n) is 16.5. The molecule has 0 bridgehead atoms. The van der Waals surface area contributed by atoms with Crippen LogP contribution < -0.4 is 22.1 Å². The number of nitrogen functional groups attached to an aromatic ring is 1. The molecule has 47 heavy (non-hydrogen) atoms. The minimum absolute atomic E-state index is 0.0607. The molecule has 1 saturated carbocycles. The van der Waals surface area contributed by atoms with E-state index in [0.717, 1.165) is 36.8 Å². The number of nitrogens with zero attached hydrogens (tertiary/aromatic N) is 2. The number of aryl methyl sites for hydroxylation is 1. The second-order valence-electron chi connectivity index (χ2n) is 13.1. The molecule has 1 aliphatic carbocycles. The number of fused-ring (bicyclic) bond motifs is 1. The Morgan fingerprint density at radius 1 is 0.872 bits per heavy atom. The molecule has 5 rings (SSSR count). The molecule has 6 atom stereocenters. The van der Waals surface area contributed by atoms with Gasteiger partial charge in [-0.1, -0.05) is 54.8 Å². The summed E-state index contributed by atoms with van der Waals surface area (Å²) in [5.74, 6) is -2.09. The van der Waals surface area contributed by atoms with Crippen LogP contribution in [0.2, 0.25) is 0 Å². The fourth-order valence-electron chi connectivity index (χ4n) is 7.26. The minimum atomic E-state index is -0.981. The van der Waals surface area contributed by atoms with Crippen molar-refractivity contribution in [2.24, 2.45) is 17.4 Å². The molecular formula is C35H45N7O5. The van der Waals surface area contributed by atoms with Crippen molar-refractivity contribution in [1.29, 1.82) is 5.41 Å². The lowest BCUT2D eigenvalue weighted by Crippen LogP contribution is -2.57. The zero-order valence-corrected chi connectivity index (χ0v) is 27.0. The minimum Gasteiger partial charge on any atom is -0.384 e. The highest BCUT2D eigenvalue weighted by molar-refractivity contribution is 6.01. The highest BCUT2D eigenvalue weighted by Crippen LogP contribution is 2.41. The molecule has 2 saturated heterocycles. The monoisotopic (exact) mass is 643 g/mol. The molecule has 3 fully saturated rings. The second kappa shape index (κ2) is 14.4. The largest absolute Gasteiger partial charge is 0.384 e. The zero-order chi connectivity index (χ0) is 33.8. The molecule has 250 valence electrons. The molecule has 0 radical (unpaired) electrons. The third-order valence-electron chi connectivity index (χ3n) is 9.86. The van der Waals surface area contributed by atoms with Crippen LogP contribution >= 0.6 is 0 Å². The number of benzene rings is 2. The fraction of sp³-hybridized carbons (Fsp3) is 0.486. The Labute approximate surface area is 275 Å². The average Bonchev–Trinajstić information content (AvgIpc) is 3.70. The smallest absolute Gasteiger partial charge is 0.254 e. The third kappa shape index (κ3) is 7.47. The van der Waals surface area contributed by atoms with Gasteiger partial charge in [-0.25, -0.2) is 0 Å². The first-order chi connectivity index (χ1) is 22.4. The van der Waals surface area contributed by atoms with E-state index >= 15 is 0 Å². The molecule has 3 aliphatic rings. The zero-order valence-electron chi connectivity index (χ0n) is 27.0. The number of nitrogens with two attached hydrogens (primary N) is 2. The molecule has 12 nitrogen and oxygen atoms in total. The maximum Gasteiger partial charge on any atom is 0.254 e. The van der Waals surface area contributed by atoms with E-state index in [0.29, 0.717) is 36.9 Å². The Bertz CT molecular complexity index is 1530. The molecule has 2 aliphatic heterocycles. The predicted octanol–water partition coefficient (Wildman–Crippen LogP) is 1.76. The van der Waals surface area contributed by atoms with Crippen LogP contribution in [-0.2, 0) is 25.6 Å². The number of hydrogen-bond donors (Lipinski definition) is 5. The Morgan fingerprint density at radius 2 is 1.53 bits per heavy atom. The van der Waals surface area contributed by atoms with Gasteiger partial charge in [0, 0.05) is 30.1 Å². The van der Waals surface area contributed by atoms with E-state index in [-0.39, 0.29) is 36.0 Å². The maximum absolute atomic E-state index is 14.2. The van der Waals surface area contributed by atoms with Crippen molar-refractivity contribution < 1.29 is 24.0 Å². The maximum atomic E-state index is 14.2. The van der Waals surface area contributed by atoms with Gasteiger partial charge in [0.2, 0.25) is 23.6 Å². The SMILES string of the molecule is Cc1ccc(C[C@H](NC(=O)[C@@H](C)NC(=O)[C@@H]2CCCN2C(=O)[C@@H]2C[C@@H]3CCCC[C@@H]3N2C(=O)c2ccc(C(=N)N)cc2)C(N)=O)cc1. The van der Waals surface area contributed by atoms with Crippen LogP contribution in [0, 0.1) is 18.3 Å². The van der Waals surface area contributed by atoms with Crippen molar-refractivity contribution in [2.75, 3.05) is 6.54 Å². The molecule has 2 heterocycles. The van der Waals surface area contributed by atoms with E-state index in [9.17, 15) is 24.0 Å². The van der Waals surface area contributed by atoms with E-state index < -0.39 is 41.9 Å². The van der Waals surface area contributed by atoms with Crippen molar-refractivity contribution in [3.05, 3.63) is 70.8 Å². The van der Waals surface area contributed by atoms with Gasteiger partial charge < -0.3 is 31.9 Å². The molecule has 0 aromatic heterocycles. The quantitative estimate of drug-likeness (QED) is 0.193. The Kier molecular flexibility index (Phi) is 10.3. The van der Waals surface area contributed by atoms with Crippen LogP contribution in [0.3, 0.4) is 0 Å². The molecule has 7 N–H and O–H groups in total. The number of rotatable bonds is 10. The number of carbonyl (C=O) groups is 5. The number of amidine groups is 1. The number of hydrogen-bond acceptors (Lipinski definition) is 6. The molecule has 12 heteroatoms. The van der Waals surface area contributed by atoms with Gasteiger partial charge >= 0.3 is 0 Å². The summed E-state index contributed by atoms with van der Waals surface area (Å²) in [6.45, 7) is 3.85. The van der Waals surface area contributed by atoms with E-state index in [1.165, 1.54) is 6.92 Å². The van der Waals surface area contributed by atoms with Gasteiger partial charge in [0.05, 0.1) is 0 Å². The molecule has 0 spiro atoms. The first kappa shape index (κ1) is 33.6. The Morgan fingerprint density at radius 3 is 2.19 bits per heavy atom. The van der Waals surface area contributed by atoms with Crippen LogP contribution in [0.5, 0.6) is 0 Å². The van der Waals surface area contributed by atoms with Crippen molar-refractivity contribution >= 4 is 35.4 Å². The highest BCUT2D eigenvalue weighted by Gasteiger charge is 2.50. The molecule has 2 aromatic carbocycles. The van der Waals surface area contributed by atoms with Crippen molar-refractivity contribution in [3.63, 3.8) is 0 Å². The van der Waals surface area contributed by atoms with E-state index in [4.69, 9.17) is 16.9 Å². The van der Waals surface area contributed by atoms with Crippen LogP contribution in [-0.4, -0.2) is 81.9 Å². The molecule has 2 aromatic rings. The lowest BCUT2D eigenvalue weighted by Gasteiger charge is -2.35. The summed E-state index contributed by atoms with van der Waals surface area (Å²) in [4.78, 5) is 70.1. The van der Waals surface area contributed by atoms with Gasteiger partial charge in [0.1, 0.15) is 30.0 Å². The number of primary amides is 1. The Hall–Kier alpha value is -4.74. The van der Waals surface area contributed by atoms with Crippen LogP contribution in [0.25, 0.3) is 0 Å². The normalized spacial score (nSPS) is 23.4. The third-order valence-corrected chi connectivity index (χ3v) is 9.86. The van der Waals surface area contributed by atoms with Crippen LogP contribution in [0.1, 0.15) is 78.9 Å². The highest BCUT2D eigenvalue weighted by atomic mass is 16.2. The molecular weight excluding hydrogens is 598 g/mol. The lowest BCUT2D eigenvalue weighted by molar-refractivity contribution is -0.142. The summed E-state index contributed by atoms with van der Waals surface area (Å²) in [5.41, 5.74) is 14.0. The van der Waals surface area contributed by atoms with Gasteiger partial charge in [-0.3, -0.25) is 29.4 Å². The second-order valence-corrected chi connectivity index (χ2v) is 13.1. The Balaban J connectivity index is 1.26. The van der Waals surface area contributed by atoms with E-state index in [1.807, 2.05) is 31.2 Å². The van der Waals surface area contributed by atoms with Gasteiger partial charge in [0.25, 0.3) is 5.91 Å². The standard InChI is InChI=1S/C35H45N7O5/c1-20-9-11-22(12-10-20)18-26(31(38)43)40-32(44)21(2)39-33(45)28-8-5-17-41(28)35(47)29-19-25-6-3-4-7-27(25)42(29)34(46)24-15-13-23(14-16-24)30(36)37/h9-16,21,25-29H,3-8,17-19H2,1-2H3,(H3,36,37)(H2,38,43)(H,39,45)(H,40,44)/t21-,25+,26+,27+,28+,29+/m1/s1. The summed E-state index contributed by atoms with van der Waals surface area (Å²) in [6, 6.07) is 10.6. The van der Waals surface area contributed by atoms with Gasteiger partial charge in [-0.15, -0.1) is 0 Å². The van der Waals surface area contributed by atoms with E-state index in [2.05, 4.69) is 10.6 Å². The average molecular weight is 644 g/mol. The van der Waals surface area contributed by atoms with Crippen molar-refractivity contribution in [1.82, 2.24) is 20.4 Å². The molecule has 0 unspecified atom stereocenters. The number of nitrogens with one attached hydrogen (secondary N) is 3. The summed E-state index contributed by atoms with van der Waals surface area (Å²) in [5, 5.41) is 13.0. The van der Waals surface area contributed by atoms with Crippen LogP contribution in [0.15, 0.2) is 48.5 Å². The van der Waals surface area contributed by atoms with Crippen LogP contribution in [0.4, 0.5) is 0 Å². The summed E-state index contributed by atoms with van der Waals surface area (Å²) in [6.07, 6.45) is 5.59. The number of amides is 5. The fourth-order valence-corrected chi connectivity index (χ4v) is 7.26. The number of likely N-dealkylation sites (tertiary alicyclic amines) is 2. The molecule has 5 amide bonds. The van der Waals surface area contributed by atoms with E-state index in [1.54, 1.807) is 34.1 Å². The van der Waals surface area contributed by atoms with Crippen molar-refractivity contribution in [2.45, 2.75) is 95.4 Å². The summed E-state index contributed by atoms with van der Waals surface area (Å²) >= 11 is 0.